The van der Waals surface area contributed by atoms with Crippen LogP contribution >= 0.6 is 0 Å². The Morgan fingerprint density at radius 3 is 2.54 bits per heavy atom. The Morgan fingerprint density at radius 1 is 1.16 bits per heavy atom. The summed E-state index contributed by atoms with van der Waals surface area (Å²) in [6.45, 7) is 0. The number of rotatable bonds is 7. The minimum absolute atomic E-state index is 0.0226. The molecule has 0 aliphatic heterocycles. The molecule has 4 aromatic rings. The zero-order valence-corrected chi connectivity index (χ0v) is 21.9. The molecule has 1 amide bonds. The second kappa shape index (κ2) is 9.55. The molecule has 3 heterocycles. The first kappa shape index (κ1) is 24.8. The van der Waals surface area contributed by atoms with Gasteiger partial charge < -0.3 is 10.2 Å². The third-order valence-corrected chi connectivity index (χ3v) is 6.60. The van der Waals surface area contributed by atoms with Crippen LogP contribution in [0.25, 0.3) is 16.9 Å². The molecular formula is C26H28FN7O2S. The van der Waals surface area contributed by atoms with Crippen LogP contribution in [0.5, 0.6) is 0 Å². The van der Waals surface area contributed by atoms with Gasteiger partial charge in [-0.1, -0.05) is 18.2 Å². The smallest absolute Gasteiger partial charge is 0.229 e. The van der Waals surface area contributed by atoms with E-state index in [1.165, 1.54) is 6.20 Å². The van der Waals surface area contributed by atoms with Crippen molar-refractivity contribution < 1.29 is 13.4 Å². The van der Waals surface area contributed by atoms with Crippen molar-refractivity contribution in [1.82, 2.24) is 24.4 Å². The molecule has 5 rings (SSSR count). The first-order valence-corrected chi connectivity index (χ1v) is 14.2. The van der Waals surface area contributed by atoms with E-state index in [0.717, 1.165) is 24.1 Å². The van der Waals surface area contributed by atoms with Gasteiger partial charge in [-0.15, -0.1) is 0 Å². The lowest BCUT2D eigenvalue weighted by atomic mass is 10.1. The number of nitrogens with zero attached hydrogens (tertiary/aromatic N) is 6. The van der Waals surface area contributed by atoms with Gasteiger partial charge in [-0.3, -0.25) is 9.36 Å². The van der Waals surface area contributed by atoms with Gasteiger partial charge in [0, 0.05) is 54.1 Å². The van der Waals surface area contributed by atoms with Crippen molar-refractivity contribution in [2.75, 3.05) is 31.9 Å². The first-order chi connectivity index (χ1) is 17.6. The SMILES string of the molecule is CN(C)C(=O)Cc1ccc(Nc2ncc3c(F)c(C4CC4)n(-c4cccc(N=S(C)(C)=O)n4)c3n2)cc1. The summed E-state index contributed by atoms with van der Waals surface area (Å²) in [6, 6.07) is 12.6. The van der Waals surface area contributed by atoms with E-state index in [1.54, 1.807) is 54.3 Å². The fourth-order valence-electron chi connectivity index (χ4n) is 4.04. The summed E-state index contributed by atoms with van der Waals surface area (Å²) < 4.78 is 33.7. The molecule has 0 spiro atoms. The fraction of sp³-hybridized carbons (Fsp3) is 0.308. The summed E-state index contributed by atoms with van der Waals surface area (Å²) in [4.78, 5) is 27.1. The minimum Gasteiger partial charge on any atom is -0.349 e. The molecule has 37 heavy (non-hydrogen) atoms. The Hall–Kier alpha value is -3.86. The highest BCUT2D eigenvalue weighted by Gasteiger charge is 2.34. The average molecular weight is 522 g/mol. The number of likely N-dealkylation sites (N-methyl/N-ethyl adjacent to an activating group) is 1. The summed E-state index contributed by atoms with van der Waals surface area (Å²) in [5.74, 6) is 0.827. The van der Waals surface area contributed by atoms with E-state index in [4.69, 9.17) is 0 Å². The summed E-state index contributed by atoms with van der Waals surface area (Å²) in [5, 5.41) is 3.47. The van der Waals surface area contributed by atoms with Gasteiger partial charge in [-0.25, -0.2) is 18.6 Å². The second-order valence-corrected chi connectivity index (χ2v) is 12.2. The lowest BCUT2D eigenvalue weighted by Crippen LogP contribution is -2.23. The molecule has 0 atom stereocenters. The number of carbonyl (C=O) groups is 1. The predicted molar refractivity (Wildman–Crippen MR) is 143 cm³/mol. The zero-order chi connectivity index (χ0) is 26.3. The van der Waals surface area contributed by atoms with Crippen molar-refractivity contribution >= 4 is 44.1 Å². The topological polar surface area (TPSA) is 105 Å². The molecule has 0 saturated heterocycles. The van der Waals surface area contributed by atoms with Gasteiger partial charge in [0.2, 0.25) is 11.9 Å². The molecule has 192 valence electrons. The lowest BCUT2D eigenvalue weighted by molar-refractivity contribution is -0.127. The molecule has 1 aliphatic rings. The average Bonchev–Trinajstić information content (AvgIpc) is 3.63. The Kier molecular flexibility index (Phi) is 6.40. The number of anilines is 2. The standard InChI is InChI=1S/C26H28FN7O2S/c1-33(2)22(35)14-16-8-12-18(13-9-16)29-26-28-15-19-23(27)24(17-10-11-17)34(25(19)31-26)21-7-5-6-20(30-21)32-37(3,4)36/h5-9,12-13,15,17H,10-11,14H2,1-4H3,(H,28,29,31). The molecule has 1 saturated carbocycles. The molecule has 9 nitrogen and oxygen atoms in total. The molecule has 0 bridgehead atoms. The van der Waals surface area contributed by atoms with Gasteiger partial charge >= 0.3 is 0 Å². The Morgan fingerprint density at radius 2 is 1.89 bits per heavy atom. The third kappa shape index (κ3) is 5.46. The summed E-state index contributed by atoms with van der Waals surface area (Å²) in [6.07, 6.45) is 6.65. The number of amides is 1. The number of halogens is 1. The highest BCUT2D eigenvalue weighted by Crippen LogP contribution is 2.45. The largest absolute Gasteiger partial charge is 0.349 e. The van der Waals surface area contributed by atoms with E-state index in [0.29, 0.717) is 40.7 Å². The number of carbonyl (C=O) groups excluding carboxylic acids is 1. The van der Waals surface area contributed by atoms with Crippen LogP contribution in [0.15, 0.2) is 53.0 Å². The predicted octanol–water partition coefficient (Wildman–Crippen LogP) is 4.57. The Bertz CT molecular complexity index is 1610. The third-order valence-electron chi connectivity index (χ3n) is 5.97. The molecule has 1 fully saturated rings. The lowest BCUT2D eigenvalue weighted by Gasteiger charge is -2.11. The van der Waals surface area contributed by atoms with Gasteiger partial charge in [-0.05, 0) is 42.7 Å². The number of hydrogen-bond donors (Lipinski definition) is 1. The maximum Gasteiger partial charge on any atom is 0.229 e. The molecule has 11 heteroatoms. The van der Waals surface area contributed by atoms with Crippen molar-refractivity contribution in [3.05, 3.63) is 65.7 Å². The number of benzene rings is 1. The second-order valence-electron chi connectivity index (χ2n) is 9.65. The number of pyridine rings is 1. The number of nitrogens with one attached hydrogen (secondary N) is 1. The van der Waals surface area contributed by atoms with E-state index in [9.17, 15) is 9.00 Å². The number of hydrogen-bond acceptors (Lipinski definition) is 7. The van der Waals surface area contributed by atoms with Gasteiger partial charge in [0.15, 0.2) is 17.3 Å². The van der Waals surface area contributed by atoms with E-state index in [-0.39, 0.29) is 17.6 Å². The van der Waals surface area contributed by atoms with E-state index in [1.807, 2.05) is 24.3 Å². The van der Waals surface area contributed by atoms with Crippen molar-refractivity contribution in [2.45, 2.75) is 25.2 Å². The van der Waals surface area contributed by atoms with Crippen molar-refractivity contribution in [1.29, 1.82) is 0 Å². The van der Waals surface area contributed by atoms with Gasteiger partial charge in [0.1, 0.15) is 5.82 Å². The maximum atomic E-state index is 15.6. The molecular weight excluding hydrogens is 493 g/mol. The van der Waals surface area contributed by atoms with Crippen LogP contribution in [0, 0.1) is 5.82 Å². The highest BCUT2D eigenvalue weighted by atomic mass is 32.2. The number of fused-ring (bicyclic) bond motifs is 1. The highest BCUT2D eigenvalue weighted by molar-refractivity contribution is 7.92. The molecule has 1 N–H and O–H groups in total. The quantitative estimate of drug-likeness (QED) is 0.382. The van der Waals surface area contributed by atoms with Gasteiger partial charge in [0.25, 0.3) is 0 Å². The normalized spacial score (nSPS) is 13.5. The Labute approximate surface area is 214 Å². The first-order valence-electron chi connectivity index (χ1n) is 11.9. The zero-order valence-electron chi connectivity index (χ0n) is 21.1. The summed E-state index contributed by atoms with van der Waals surface area (Å²) in [7, 11) is 1.04. The van der Waals surface area contributed by atoms with Crippen molar-refractivity contribution in [2.24, 2.45) is 4.36 Å². The maximum absolute atomic E-state index is 15.6. The minimum atomic E-state index is -2.41. The van der Waals surface area contributed by atoms with Crippen LogP contribution in [0.2, 0.25) is 0 Å². The van der Waals surface area contributed by atoms with Crippen LogP contribution in [0.4, 0.5) is 21.8 Å². The van der Waals surface area contributed by atoms with Crippen molar-refractivity contribution in [3.63, 3.8) is 0 Å². The fourth-order valence-corrected chi connectivity index (χ4v) is 4.59. The van der Waals surface area contributed by atoms with Crippen LogP contribution < -0.4 is 5.32 Å². The van der Waals surface area contributed by atoms with E-state index in [2.05, 4.69) is 24.6 Å². The van der Waals surface area contributed by atoms with Gasteiger partial charge in [-0.2, -0.15) is 9.35 Å². The molecule has 1 aliphatic carbocycles. The Balaban J connectivity index is 1.53. The summed E-state index contributed by atoms with van der Waals surface area (Å²) in [5.41, 5.74) is 2.55. The van der Waals surface area contributed by atoms with Crippen LogP contribution in [0.1, 0.15) is 30.0 Å². The summed E-state index contributed by atoms with van der Waals surface area (Å²) >= 11 is 0. The molecule has 1 aromatic carbocycles. The molecule has 3 aromatic heterocycles. The van der Waals surface area contributed by atoms with Crippen LogP contribution in [0.3, 0.4) is 0 Å². The van der Waals surface area contributed by atoms with Crippen molar-refractivity contribution in [3.8, 4) is 5.82 Å². The van der Waals surface area contributed by atoms with E-state index < -0.39 is 9.73 Å². The molecule has 0 radical (unpaired) electrons. The monoisotopic (exact) mass is 521 g/mol. The van der Waals surface area contributed by atoms with Crippen LogP contribution in [-0.2, 0) is 20.9 Å². The molecule has 0 unspecified atom stereocenters. The van der Waals surface area contributed by atoms with Gasteiger partial charge in [0.05, 0.1) is 17.5 Å². The number of aromatic nitrogens is 4. The van der Waals surface area contributed by atoms with E-state index >= 15 is 4.39 Å². The van der Waals surface area contributed by atoms with Crippen LogP contribution in [-0.4, -0.2) is 61.1 Å².